The first-order valence-corrected chi connectivity index (χ1v) is 10.2. The number of anilines is 1. The minimum atomic E-state index is -3.34. The van der Waals surface area contributed by atoms with Crippen LogP contribution >= 0.6 is 0 Å². The topological polar surface area (TPSA) is 84.9 Å². The van der Waals surface area contributed by atoms with Crippen molar-refractivity contribution in [3.05, 3.63) is 53.6 Å². The Kier molecular flexibility index (Phi) is 6.68. The van der Waals surface area contributed by atoms with Gasteiger partial charge in [0, 0.05) is 24.8 Å². The summed E-state index contributed by atoms with van der Waals surface area (Å²) in [5.41, 5.74) is 1.94. The van der Waals surface area contributed by atoms with Gasteiger partial charge in [-0.1, -0.05) is 6.07 Å². The Hall–Kier alpha value is -2.74. The van der Waals surface area contributed by atoms with Crippen LogP contribution in [0, 0.1) is 0 Å². The van der Waals surface area contributed by atoms with E-state index in [1.807, 2.05) is 18.2 Å². The summed E-state index contributed by atoms with van der Waals surface area (Å²) in [6, 6.07) is 12.0. The van der Waals surface area contributed by atoms with Gasteiger partial charge in [-0.25, -0.2) is 8.42 Å². The fraction of sp³-hybridized carbons (Fsp3) is 0.316. The van der Waals surface area contributed by atoms with Crippen molar-refractivity contribution in [3.8, 4) is 11.5 Å². The highest BCUT2D eigenvalue weighted by Crippen LogP contribution is 2.27. The molecule has 2 rings (SSSR count). The van der Waals surface area contributed by atoms with Crippen LogP contribution < -0.4 is 14.2 Å². The predicted octanol–water partition coefficient (Wildman–Crippen LogP) is 2.39. The molecule has 1 amide bonds. The maximum atomic E-state index is 12.5. The Morgan fingerprint density at radius 1 is 1.04 bits per heavy atom. The van der Waals surface area contributed by atoms with E-state index in [-0.39, 0.29) is 5.91 Å². The van der Waals surface area contributed by atoms with Gasteiger partial charge in [-0.2, -0.15) is 0 Å². The van der Waals surface area contributed by atoms with Crippen molar-refractivity contribution in [2.45, 2.75) is 6.42 Å². The molecule has 0 aliphatic carbocycles. The highest BCUT2D eigenvalue weighted by Gasteiger charge is 2.13. The Morgan fingerprint density at radius 3 is 2.22 bits per heavy atom. The number of benzene rings is 2. The molecular formula is C19H24N2O5S. The van der Waals surface area contributed by atoms with Gasteiger partial charge in [0.15, 0.2) is 11.5 Å². The number of sulfonamides is 1. The third-order valence-corrected chi connectivity index (χ3v) is 4.57. The number of rotatable bonds is 8. The first-order chi connectivity index (χ1) is 12.7. The molecule has 2 aromatic carbocycles. The molecule has 0 saturated carbocycles. The van der Waals surface area contributed by atoms with Crippen molar-refractivity contribution in [1.29, 1.82) is 0 Å². The fourth-order valence-corrected chi connectivity index (χ4v) is 3.11. The molecule has 7 nitrogen and oxygen atoms in total. The number of nitrogens with one attached hydrogen (secondary N) is 1. The van der Waals surface area contributed by atoms with Gasteiger partial charge in [-0.3, -0.25) is 9.52 Å². The lowest BCUT2D eigenvalue weighted by Gasteiger charge is -2.18. The van der Waals surface area contributed by atoms with Gasteiger partial charge in [0.05, 0.1) is 20.5 Å². The number of nitrogens with zero attached hydrogens (tertiary/aromatic N) is 1. The van der Waals surface area contributed by atoms with E-state index < -0.39 is 10.0 Å². The SMILES string of the molecule is COc1ccc(CCN(C)C(=O)c2ccc(NS(C)(=O)=O)cc2)cc1OC. The number of carbonyl (C=O) groups is 1. The molecule has 0 heterocycles. The van der Waals surface area contributed by atoms with Crippen LogP contribution in [0.15, 0.2) is 42.5 Å². The Labute approximate surface area is 160 Å². The molecule has 0 aliphatic rings. The standard InChI is InChI=1S/C19H24N2O5S/c1-21(12-11-14-5-10-17(25-2)18(13-14)26-3)19(22)15-6-8-16(9-7-15)20-27(4,23)24/h5-10,13,20H,11-12H2,1-4H3. The van der Waals surface area contributed by atoms with Crippen LogP contribution in [0.4, 0.5) is 5.69 Å². The molecule has 0 bridgehead atoms. The molecule has 0 unspecified atom stereocenters. The van der Waals surface area contributed by atoms with Crippen molar-refractivity contribution in [1.82, 2.24) is 4.90 Å². The van der Waals surface area contributed by atoms with Crippen LogP contribution in [0.5, 0.6) is 11.5 Å². The molecule has 0 atom stereocenters. The van der Waals surface area contributed by atoms with Crippen molar-refractivity contribution in [2.24, 2.45) is 0 Å². The minimum absolute atomic E-state index is 0.138. The maximum absolute atomic E-state index is 12.5. The van der Waals surface area contributed by atoms with E-state index in [9.17, 15) is 13.2 Å². The molecule has 146 valence electrons. The van der Waals surface area contributed by atoms with E-state index >= 15 is 0 Å². The second-order valence-corrected chi connectivity index (χ2v) is 7.87. The maximum Gasteiger partial charge on any atom is 0.253 e. The summed E-state index contributed by atoms with van der Waals surface area (Å²) < 4.78 is 35.3. The smallest absolute Gasteiger partial charge is 0.253 e. The summed E-state index contributed by atoms with van der Waals surface area (Å²) in [6.07, 6.45) is 1.74. The number of ether oxygens (including phenoxy) is 2. The van der Waals surface area contributed by atoms with Crippen molar-refractivity contribution in [2.75, 3.05) is 38.8 Å². The number of carbonyl (C=O) groups excluding carboxylic acids is 1. The van der Waals surface area contributed by atoms with Crippen LogP contribution in [0.25, 0.3) is 0 Å². The molecule has 0 saturated heterocycles. The summed E-state index contributed by atoms with van der Waals surface area (Å²) in [7, 11) is 1.55. The van der Waals surface area contributed by atoms with Crippen molar-refractivity contribution >= 4 is 21.6 Å². The average Bonchev–Trinajstić information content (AvgIpc) is 2.64. The van der Waals surface area contributed by atoms with Crippen molar-refractivity contribution in [3.63, 3.8) is 0 Å². The number of hydrogen-bond acceptors (Lipinski definition) is 5. The molecule has 0 spiro atoms. The largest absolute Gasteiger partial charge is 0.493 e. The Bertz CT molecular complexity index is 895. The molecule has 27 heavy (non-hydrogen) atoms. The van der Waals surface area contributed by atoms with Gasteiger partial charge >= 0.3 is 0 Å². The Balaban J connectivity index is 1.99. The summed E-state index contributed by atoms with van der Waals surface area (Å²) in [4.78, 5) is 14.1. The van der Waals surface area contributed by atoms with Crippen molar-refractivity contribution < 1.29 is 22.7 Å². The quantitative estimate of drug-likeness (QED) is 0.746. The first-order valence-electron chi connectivity index (χ1n) is 8.27. The monoisotopic (exact) mass is 392 g/mol. The summed E-state index contributed by atoms with van der Waals surface area (Å²) in [5, 5.41) is 0. The molecule has 0 radical (unpaired) electrons. The van der Waals surface area contributed by atoms with E-state index in [1.165, 1.54) is 0 Å². The first kappa shape index (κ1) is 20.6. The molecule has 8 heteroatoms. The van der Waals surface area contributed by atoms with Crippen LogP contribution in [0.3, 0.4) is 0 Å². The van der Waals surface area contributed by atoms with Gasteiger partial charge in [0.1, 0.15) is 0 Å². The number of methoxy groups -OCH3 is 2. The Morgan fingerprint density at radius 2 is 1.67 bits per heavy atom. The molecule has 2 aromatic rings. The highest BCUT2D eigenvalue weighted by atomic mass is 32.2. The van der Waals surface area contributed by atoms with E-state index in [2.05, 4.69) is 4.72 Å². The van der Waals surface area contributed by atoms with Crippen LogP contribution in [-0.4, -0.2) is 53.3 Å². The molecular weight excluding hydrogens is 368 g/mol. The minimum Gasteiger partial charge on any atom is -0.493 e. The number of hydrogen-bond donors (Lipinski definition) is 1. The van der Waals surface area contributed by atoms with E-state index in [1.54, 1.807) is 50.4 Å². The van der Waals surface area contributed by atoms with Gasteiger partial charge < -0.3 is 14.4 Å². The third kappa shape index (κ3) is 5.89. The average molecular weight is 392 g/mol. The molecule has 1 N–H and O–H groups in total. The van der Waals surface area contributed by atoms with Gasteiger partial charge in [0.2, 0.25) is 10.0 Å². The lowest BCUT2D eigenvalue weighted by atomic mass is 10.1. The zero-order valence-electron chi connectivity index (χ0n) is 15.9. The number of likely N-dealkylation sites (N-methyl/N-ethyl adjacent to an activating group) is 1. The molecule has 0 aliphatic heterocycles. The second kappa shape index (κ2) is 8.77. The summed E-state index contributed by atoms with van der Waals surface area (Å²) in [5.74, 6) is 1.17. The van der Waals surface area contributed by atoms with Gasteiger partial charge in [-0.15, -0.1) is 0 Å². The fourth-order valence-electron chi connectivity index (χ4n) is 2.55. The lowest BCUT2D eigenvalue weighted by Crippen LogP contribution is -2.28. The zero-order chi connectivity index (χ0) is 20.0. The van der Waals surface area contributed by atoms with Gasteiger partial charge in [-0.05, 0) is 48.4 Å². The predicted molar refractivity (Wildman–Crippen MR) is 105 cm³/mol. The van der Waals surface area contributed by atoms with Crippen LogP contribution in [0.1, 0.15) is 15.9 Å². The van der Waals surface area contributed by atoms with Crippen LogP contribution in [-0.2, 0) is 16.4 Å². The van der Waals surface area contributed by atoms with E-state index in [4.69, 9.17) is 9.47 Å². The molecule has 0 aromatic heterocycles. The highest BCUT2D eigenvalue weighted by molar-refractivity contribution is 7.92. The van der Waals surface area contributed by atoms with E-state index in [0.29, 0.717) is 35.7 Å². The van der Waals surface area contributed by atoms with E-state index in [0.717, 1.165) is 11.8 Å². The lowest BCUT2D eigenvalue weighted by molar-refractivity contribution is 0.0796. The number of amides is 1. The second-order valence-electron chi connectivity index (χ2n) is 6.12. The normalized spacial score (nSPS) is 11.0. The third-order valence-electron chi connectivity index (χ3n) is 3.97. The zero-order valence-corrected chi connectivity index (χ0v) is 16.7. The van der Waals surface area contributed by atoms with Crippen LogP contribution in [0.2, 0.25) is 0 Å². The summed E-state index contributed by atoms with van der Waals surface area (Å²) in [6.45, 7) is 0.525. The molecule has 0 fully saturated rings. The summed E-state index contributed by atoms with van der Waals surface area (Å²) >= 11 is 0. The van der Waals surface area contributed by atoms with Gasteiger partial charge in [0.25, 0.3) is 5.91 Å².